The molecule has 0 unspecified atom stereocenters. The molecule has 1 aliphatic heterocycles. The number of likely N-dealkylation sites (N-methyl/N-ethyl adjacent to an activating group) is 1. The lowest BCUT2D eigenvalue weighted by Gasteiger charge is -2.30. The van der Waals surface area contributed by atoms with Crippen LogP contribution in [0.2, 0.25) is 5.02 Å². The van der Waals surface area contributed by atoms with Crippen LogP contribution in [-0.2, 0) is 11.3 Å². The Labute approximate surface area is 204 Å². The zero-order chi connectivity index (χ0) is 24.1. The second-order valence-corrected chi connectivity index (χ2v) is 8.87. The van der Waals surface area contributed by atoms with E-state index in [4.69, 9.17) is 16.3 Å². The van der Waals surface area contributed by atoms with Gasteiger partial charge in [-0.25, -0.2) is 0 Å². The summed E-state index contributed by atoms with van der Waals surface area (Å²) in [4.78, 5) is 28.6. The molecule has 0 saturated heterocycles. The van der Waals surface area contributed by atoms with E-state index in [1.807, 2.05) is 62.6 Å². The van der Waals surface area contributed by atoms with E-state index in [1.165, 1.54) is 4.90 Å². The third kappa shape index (κ3) is 5.65. The van der Waals surface area contributed by atoms with Crippen molar-refractivity contribution in [3.8, 4) is 5.75 Å². The van der Waals surface area contributed by atoms with E-state index < -0.39 is 0 Å². The molecular formula is C27H27ClN3O3+. The highest BCUT2D eigenvalue weighted by Gasteiger charge is 2.30. The summed E-state index contributed by atoms with van der Waals surface area (Å²) >= 11 is 6.01. The molecule has 0 aliphatic carbocycles. The molecule has 1 heterocycles. The number of ether oxygens (including phenoxy) is 1. The molecule has 0 spiro atoms. The maximum absolute atomic E-state index is 13.4. The molecule has 6 nitrogen and oxygen atoms in total. The average molecular weight is 477 g/mol. The predicted molar refractivity (Wildman–Crippen MR) is 134 cm³/mol. The fourth-order valence-electron chi connectivity index (χ4n) is 3.60. The quantitative estimate of drug-likeness (QED) is 0.515. The van der Waals surface area contributed by atoms with Crippen molar-refractivity contribution in [2.24, 2.45) is 0 Å². The van der Waals surface area contributed by atoms with Gasteiger partial charge < -0.3 is 15.0 Å². The summed E-state index contributed by atoms with van der Waals surface area (Å²) in [7, 11) is 4.08. The number of amides is 2. The number of fused-ring (bicyclic) bond motifs is 1. The lowest BCUT2D eigenvalue weighted by molar-refractivity contribution is -0.856. The fraction of sp³-hybridized carbons (Fsp3) is 0.185. The van der Waals surface area contributed by atoms with Gasteiger partial charge in [-0.15, -0.1) is 0 Å². The van der Waals surface area contributed by atoms with Crippen molar-refractivity contribution < 1.29 is 19.2 Å². The summed E-state index contributed by atoms with van der Waals surface area (Å²) < 4.78 is 5.96. The van der Waals surface area contributed by atoms with Crippen LogP contribution >= 0.6 is 11.6 Å². The number of nitrogens with one attached hydrogen (secondary N) is 2. The molecule has 7 heteroatoms. The minimum atomic E-state index is -0.235. The van der Waals surface area contributed by atoms with Gasteiger partial charge in [-0.05, 0) is 53.6 Å². The van der Waals surface area contributed by atoms with E-state index >= 15 is 0 Å². The van der Waals surface area contributed by atoms with Gasteiger partial charge in [0.2, 0.25) is 0 Å². The number of anilines is 1. The molecule has 2 amide bonds. The van der Waals surface area contributed by atoms with Crippen molar-refractivity contribution in [1.29, 1.82) is 0 Å². The van der Waals surface area contributed by atoms with Crippen LogP contribution < -0.4 is 19.9 Å². The molecule has 2 N–H and O–H groups in total. The Kier molecular flexibility index (Phi) is 7.30. The third-order valence-corrected chi connectivity index (χ3v) is 5.72. The first-order valence-corrected chi connectivity index (χ1v) is 11.5. The van der Waals surface area contributed by atoms with Crippen LogP contribution in [0.5, 0.6) is 5.75 Å². The molecular weight excluding hydrogens is 450 g/mol. The van der Waals surface area contributed by atoms with Gasteiger partial charge in [0.25, 0.3) is 11.8 Å². The van der Waals surface area contributed by atoms with Gasteiger partial charge in [-0.3, -0.25) is 14.5 Å². The lowest BCUT2D eigenvalue weighted by atomic mass is 10.1. The van der Waals surface area contributed by atoms with Crippen LogP contribution in [0, 0.1) is 0 Å². The van der Waals surface area contributed by atoms with E-state index in [0.29, 0.717) is 35.1 Å². The van der Waals surface area contributed by atoms with Crippen LogP contribution in [0.25, 0.3) is 6.08 Å². The number of rotatable bonds is 7. The summed E-state index contributed by atoms with van der Waals surface area (Å²) in [6.45, 7) is 1.85. The number of hydrogen-bond donors (Lipinski definition) is 2. The summed E-state index contributed by atoms with van der Waals surface area (Å²) in [5, 5.41) is 3.56. The predicted octanol–water partition coefficient (Wildman–Crippen LogP) is 3.18. The SMILES string of the molecule is C[NH+](C)CCNC(=O)c1ccc(C=C2Oc3ccccc3N(Cc3ccc(Cl)cc3)C2=O)cc1. The number of nitrogens with zero attached hydrogens (tertiary/aromatic N) is 1. The van der Waals surface area contributed by atoms with Gasteiger partial charge in [0.05, 0.1) is 39.4 Å². The number of carbonyl (C=O) groups is 2. The van der Waals surface area contributed by atoms with Gasteiger partial charge in [0, 0.05) is 10.6 Å². The number of para-hydroxylation sites is 2. The van der Waals surface area contributed by atoms with Crippen molar-refractivity contribution in [3.05, 3.63) is 100 Å². The Morgan fingerprint density at radius 1 is 1.03 bits per heavy atom. The molecule has 34 heavy (non-hydrogen) atoms. The van der Waals surface area contributed by atoms with Crippen molar-refractivity contribution in [3.63, 3.8) is 0 Å². The van der Waals surface area contributed by atoms with E-state index in [2.05, 4.69) is 5.32 Å². The Morgan fingerprint density at radius 2 is 1.74 bits per heavy atom. The number of hydrogen-bond acceptors (Lipinski definition) is 3. The highest BCUT2D eigenvalue weighted by atomic mass is 35.5. The van der Waals surface area contributed by atoms with Crippen molar-refractivity contribution >= 4 is 35.2 Å². The zero-order valence-corrected chi connectivity index (χ0v) is 19.9. The molecule has 0 atom stereocenters. The first-order valence-electron chi connectivity index (χ1n) is 11.1. The second-order valence-electron chi connectivity index (χ2n) is 8.43. The molecule has 0 fully saturated rings. The van der Waals surface area contributed by atoms with Crippen LogP contribution in [0.1, 0.15) is 21.5 Å². The van der Waals surface area contributed by atoms with Crippen LogP contribution in [-0.4, -0.2) is 39.0 Å². The molecule has 4 rings (SSSR count). The highest BCUT2D eigenvalue weighted by Crippen LogP contribution is 2.36. The molecule has 3 aromatic carbocycles. The van der Waals surface area contributed by atoms with Gasteiger partial charge in [0.1, 0.15) is 0 Å². The van der Waals surface area contributed by atoms with E-state index in [-0.39, 0.29) is 17.6 Å². The number of carbonyl (C=O) groups excluding carboxylic acids is 2. The summed E-state index contributed by atoms with van der Waals surface area (Å²) in [6.07, 6.45) is 1.70. The summed E-state index contributed by atoms with van der Waals surface area (Å²) in [6, 6.07) is 22.0. The maximum atomic E-state index is 13.4. The fourth-order valence-corrected chi connectivity index (χ4v) is 3.73. The number of quaternary nitrogens is 1. The lowest BCUT2D eigenvalue weighted by Crippen LogP contribution is -3.06. The monoisotopic (exact) mass is 476 g/mol. The smallest absolute Gasteiger partial charge is 0.294 e. The van der Waals surface area contributed by atoms with E-state index in [1.54, 1.807) is 35.2 Å². The Balaban J connectivity index is 1.54. The van der Waals surface area contributed by atoms with E-state index in [9.17, 15) is 9.59 Å². The Bertz CT molecular complexity index is 1200. The first-order chi connectivity index (χ1) is 16.4. The molecule has 0 radical (unpaired) electrons. The molecule has 0 bridgehead atoms. The van der Waals surface area contributed by atoms with Crippen LogP contribution in [0.3, 0.4) is 0 Å². The standard InChI is InChI=1S/C27H26ClN3O3/c1-30(2)16-15-29-26(32)21-11-7-19(8-12-21)17-25-27(33)31(18-20-9-13-22(28)14-10-20)23-5-3-4-6-24(23)34-25/h3-14,17H,15-16,18H2,1-2H3,(H,29,32)/p+1. The molecule has 1 aliphatic rings. The summed E-state index contributed by atoms with van der Waals surface area (Å²) in [5.74, 6) is 0.482. The maximum Gasteiger partial charge on any atom is 0.294 e. The minimum Gasteiger partial charge on any atom is -0.449 e. The average Bonchev–Trinajstić information content (AvgIpc) is 2.83. The van der Waals surface area contributed by atoms with Crippen molar-refractivity contribution in [1.82, 2.24) is 5.32 Å². The zero-order valence-electron chi connectivity index (χ0n) is 19.2. The molecule has 0 saturated carbocycles. The van der Waals surface area contributed by atoms with Gasteiger partial charge in [0.15, 0.2) is 11.5 Å². The Hall–Kier alpha value is -3.61. The van der Waals surface area contributed by atoms with Gasteiger partial charge in [-0.1, -0.05) is 48.0 Å². The minimum absolute atomic E-state index is 0.117. The molecule has 0 aromatic heterocycles. The van der Waals surface area contributed by atoms with Gasteiger partial charge >= 0.3 is 0 Å². The van der Waals surface area contributed by atoms with Crippen molar-refractivity contribution in [2.75, 3.05) is 32.1 Å². The highest BCUT2D eigenvalue weighted by molar-refractivity contribution is 6.30. The topological polar surface area (TPSA) is 63.1 Å². The van der Waals surface area contributed by atoms with Crippen molar-refractivity contribution in [2.45, 2.75) is 6.54 Å². The number of benzene rings is 3. The van der Waals surface area contributed by atoms with Crippen LogP contribution in [0.15, 0.2) is 78.6 Å². The molecule has 174 valence electrons. The third-order valence-electron chi connectivity index (χ3n) is 5.47. The second kappa shape index (κ2) is 10.5. The molecule has 3 aromatic rings. The van der Waals surface area contributed by atoms with Gasteiger partial charge in [-0.2, -0.15) is 0 Å². The van der Waals surface area contributed by atoms with E-state index in [0.717, 1.165) is 17.7 Å². The Morgan fingerprint density at radius 3 is 2.44 bits per heavy atom. The van der Waals surface area contributed by atoms with Crippen LogP contribution in [0.4, 0.5) is 5.69 Å². The number of halogens is 1. The largest absolute Gasteiger partial charge is 0.449 e. The normalized spacial score (nSPS) is 14.2. The summed E-state index contributed by atoms with van der Waals surface area (Å²) in [5.41, 5.74) is 3.01. The first kappa shape index (κ1) is 23.5.